The first-order valence-electron chi connectivity index (χ1n) is 20.2. The van der Waals surface area contributed by atoms with Crippen molar-refractivity contribution in [1.82, 2.24) is 10.6 Å². The second-order valence-electron chi connectivity index (χ2n) is 15.3. The number of nitrogens with one attached hydrogen (secondary N) is 2. The molecular weight excluding hydrogens is 860 g/mol. The highest BCUT2D eigenvalue weighted by Crippen LogP contribution is 2.31. The molecule has 3 fully saturated rings. The van der Waals surface area contributed by atoms with E-state index in [4.69, 9.17) is 47.7 Å². The minimum Gasteiger partial charge on any atom is -0.396 e. The zero-order valence-electron chi connectivity index (χ0n) is 35.1. The molecule has 0 aromatic heterocycles. The number of ether oxygens (including phenoxy) is 9. The fourth-order valence-corrected chi connectivity index (χ4v) is 7.21. The van der Waals surface area contributed by atoms with Crippen LogP contribution in [0, 0.1) is 0 Å². The molecule has 0 radical (unpaired) electrons. The van der Waals surface area contributed by atoms with Crippen molar-refractivity contribution >= 4 is 11.8 Å². The number of carbonyl (C=O) groups is 2. The Morgan fingerprint density at radius 2 is 1.24 bits per heavy atom. The standard InChI is InChI=1S/C36H66N2O25/c1-13-23(37-14(2)44)27(50)33(19(8-41)58-13)63-34-24(38-15(3)45)28(51)32(20(9-42)61-34)62-22(10-43)59-21(12-57-36-31(54)29(52)26(49)18(7-40)60-36)17(47)11-56-35(55-4)30(53)25(48)16(46)5-6-39/h13,16-36,39-43,46-54H,5-12H2,1-4H3,(H,37,44)(H,38,45)/t13-,16+,17-,18?,19?,20?,21?,22-,23?,24?,25?,26+,27?,28?,29?,30?,31?,32+,33+,34-,35+,36-/m0/s1. The molecule has 3 rings (SSSR count). The van der Waals surface area contributed by atoms with Gasteiger partial charge in [-0.2, -0.15) is 0 Å². The molecule has 3 saturated heterocycles. The van der Waals surface area contributed by atoms with Gasteiger partial charge in [0.2, 0.25) is 11.8 Å². The minimum atomic E-state index is -1.94. The Kier molecular flexibility index (Phi) is 23.2. The number of amides is 2. The first-order valence-corrected chi connectivity index (χ1v) is 20.2. The molecule has 12 unspecified atom stereocenters. The Hall–Kier alpha value is -1.98. The number of hydrogen-bond donors (Lipinski definition) is 16. The second-order valence-corrected chi connectivity index (χ2v) is 15.3. The second kappa shape index (κ2) is 26.4. The molecule has 370 valence electrons. The first kappa shape index (κ1) is 55.3. The third kappa shape index (κ3) is 14.8. The molecule has 3 aliphatic rings. The Labute approximate surface area is 361 Å². The van der Waals surface area contributed by atoms with Gasteiger partial charge in [-0.3, -0.25) is 9.59 Å². The van der Waals surface area contributed by atoms with Gasteiger partial charge in [0.05, 0.1) is 57.9 Å². The van der Waals surface area contributed by atoms with Crippen LogP contribution in [0.1, 0.15) is 27.2 Å². The lowest BCUT2D eigenvalue weighted by atomic mass is 9.92. The molecule has 16 N–H and O–H groups in total. The van der Waals surface area contributed by atoms with E-state index in [0.29, 0.717) is 0 Å². The molecule has 0 aromatic carbocycles. The molecule has 27 nitrogen and oxygen atoms in total. The summed E-state index contributed by atoms with van der Waals surface area (Å²) in [6.45, 7) is -1.92. The van der Waals surface area contributed by atoms with E-state index < -0.39 is 193 Å². The summed E-state index contributed by atoms with van der Waals surface area (Å²) in [6, 6.07) is -2.62. The van der Waals surface area contributed by atoms with Gasteiger partial charge in [0, 0.05) is 27.6 Å². The Morgan fingerprint density at radius 1 is 0.667 bits per heavy atom. The van der Waals surface area contributed by atoms with E-state index in [1.807, 2.05) is 0 Å². The Morgan fingerprint density at radius 3 is 1.79 bits per heavy atom. The van der Waals surface area contributed by atoms with Crippen LogP contribution in [0.3, 0.4) is 0 Å². The number of rotatable bonds is 25. The van der Waals surface area contributed by atoms with Gasteiger partial charge in [0.15, 0.2) is 25.2 Å². The SMILES string of the molecule is CO[C@H](OC[C@H](O)C(CO[C@H]1OC(CO)[C@@H](O)C(O)C1O)O[C@H](CO)O[C@@H]1C(CO)O[C@@H](O[C@@H]2C(CO)O[C@@H](C)C(NC(C)=O)C2O)C(NC(C)=O)C1O)C(O)C(O)[C@H](O)CCO. The van der Waals surface area contributed by atoms with Crippen molar-refractivity contribution in [3.63, 3.8) is 0 Å². The monoisotopic (exact) mass is 926 g/mol. The average molecular weight is 927 g/mol. The first-order chi connectivity index (χ1) is 29.8. The molecule has 3 heterocycles. The highest BCUT2D eigenvalue weighted by molar-refractivity contribution is 5.73. The van der Waals surface area contributed by atoms with Gasteiger partial charge < -0.3 is 125 Å². The van der Waals surface area contributed by atoms with Crippen LogP contribution in [0.2, 0.25) is 0 Å². The van der Waals surface area contributed by atoms with Crippen LogP contribution in [-0.2, 0) is 52.2 Å². The molecular formula is C36H66N2O25. The fourth-order valence-electron chi connectivity index (χ4n) is 7.21. The normalized spacial score (nSPS) is 37.3. The highest BCUT2D eigenvalue weighted by Gasteiger charge is 2.52. The van der Waals surface area contributed by atoms with Crippen molar-refractivity contribution in [3.05, 3.63) is 0 Å². The molecule has 2 amide bonds. The van der Waals surface area contributed by atoms with Gasteiger partial charge in [-0.25, -0.2) is 0 Å². The van der Waals surface area contributed by atoms with Crippen LogP contribution in [-0.4, -0.2) is 272 Å². The van der Waals surface area contributed by atoms with Gasteiger partial charge in [-0.15, -0.1) is 0 Å². The van der Waals surface area contributed by atoms with E-state index in [0.717, 1.165) is 14.0 Å². The van der Waals surface area contributed by atoms with Crippen molar-refractivity contribution in [2.45, 2.75) is 162 Å². The molecule has 0 bridgehead atoms. The van der Waals surface area contributed by atoms with Crippen molar-refractivity contribution in [2.75, 3.05) is 53.4 Å². The van der Waals surface area contributed by atoms with Crippen molar-refractivity contribution in [2.24, 2.45) is 0 Å². The van der Waals surface area contributed by atoms with Gasteiger partial charge in [-0.05, 0) is 13.3 Å². The van der Waals surface area contributed by atoms with E-state index >= 15 is 0 Å². The minimum absolute atomic E-state index is 0.329. The van der Waals surface area contributed by atoms with Crippen LogP contribution in [0.15, 0.2) is 0 Å². The third-order valence-corrected chi connectivity index (χ3v) is 10.6. The zero-order chi connectivity index (χ0) is 47.3. The van der Waals surface area contributed by atoms with Gasteiger partial charge in [-0.1, -0.05) is 0 Å². The maximum Gasteiger partial charge on any atom is 0.217 e. The number of aliphatic hydroxyl groups excluding tert-OH is 14. The molecule has 63 heavy (non-hydrogen) atoms. The average Bonchev–Trinajstić information content (AvgIpc) is 3.25. The molecule has 0 spiro atoms. The van der Waals surface area contributed by atoms with Crippen molar-refractivity contribution in [3.8, 4) is 0 Å². The Balaban J connectivity index is 1.88. The van der Waals surface area contributed by atoms with Crippen LogP contribution in [0.25, 0.3) is 0 Å². The highest BCUT2D eigenvalue weighted by atomic mass is 16.8. The van der Waals surface area contributed by atoms with E-state index in [9.17, 15) is 76.0 Å². The van der Waals surface area contributed by atoms with E-state index in [1.165, 1.54) is 13.8 Å². The largest absolute Gasteiger partial charge is 0.396 e. The summed E-state index contributed by atoms with van der Waals surface area (Å²) in [7, 11) is 1.05. The number of aliphatic hydroxyl groups is 14. The number of hydrogen-bond acceptors (Lipinski definition) is 25. The summed E-state index contributed by atoms with van der Waals surface area (Å²) in [5, 5.41) is 151. The lowest BCUT2D eigenvalue weighted by Crippen LogP contribution is -2.69. The summed E-state index contributed by atoms with van der Waals surface area (Å²) in [4.78, 5) is 24.3. The smallest absolute Gasteiger partial charge is 0.217 e. The lowest BCUT2D eigenvalue weighted by molar-refractivity contribution is -0.341. The van der Waals surface area contributed by atoms with Crippen LogP contribution in [0.4, 0.5) is 0 Å². The summed E-state index contributed by atoms with van der Waals surface area (Å²) in [6.07, 6.45) is -33.7. The molecule has 0 aliphatic carbocycles. The summed E-state index contributed by atoms with van der Waals surface area (Å²) >= 11 is 0. The molecule has 27 heteroatoms. The summed E-state index contributed by atoms with van der Waals surface area (Å²) in [5.74, 6) is -1.26. The van der Waals surface area contributed by atoms with E-state index in [2.05, 4.69) is 10.6 Å². The van der Waals surface area contributed by atoms with Gasteiger partial charge >= 0.3 is 0 Å². The predicted molar refractivity (Wildman–Crippen MR) is 202 cm³/mol. The van der Waals surface area contributed by atoms with Crippen molar-refractivity contribution < 1.29 is 124 Å². The predicted octanol–water partition coefficient (Wildman–Crippen LogP) is -9.68. The zero-order valence-corrected chi connectivity index (χ0v) is 35.1. The summed E-state index contributed by atoms with van der Waals surface area (Å²) < 4.78 is 50.7. The molecule has 3 aliphatic heterocycles. The number of methoxy groups -OCH3 is 1. The fraction of sp³-hybridized carbons (Fsp3) is 0.944. The lowest BCUT2D eigenvalue weighted by Gasteiger charge is -2.48. The topological polar surface area (TPSA) is 424 Å². The quantitative estimate of drug-likeness (QED) is 0.0378. The van der Waals surface area contributed by atoms with Gasteiger partial charge in [0.1, 0.15) is 91.5 Å². The van der Waals surface area contributed by atoms with Crippen LogP contribution < -0.4 is 10.6 Å². The van der Waals surface area contributed by atoms with E-state index in [1.54, 1.807) is 0 Å². The van der Waals surface area contributed by atoms with E-state index in [-0.39, 0.29) is 6.42 Å². The van der Waals surface area contributed by atoms with Crippen LogP contribution >= 0.6 is 0 Å². The molecule has 0 saturated carbocycles. The number of carbonyl (C=O) groups excluding carboxylic acids is 2. The maximum absolute atomic E-state index is 12.4. The van der Waals surface area contributed by atoms with Gasteiger partial charge in [0.25, 0.3) is 0 Å². The van der Waals surface area contributed by atoms with Crippen LogP contribution in [0.5, 0.6) is 0 Å². The Bertz CT molecular complexity index is 1340. The third-order valence-electron chi connectivity index (χ3n) is 10.6. The molecule has 0 aromatic rings. The molecule has 22 atom stereocenters. The summed E-state index contributed by atoms with van der Waals surface area (Å²) in [5.41, 5.74) is 0. The van der Waals surface area contributed by atoms with Crippen molar-refractivity contribution in [1.29, 1.82) is 0 Å². The maximum atomic E-state index is 12.4.